The van der Waals surface area contributed by atoms with E-state index in [1.54, 1.807) is 56.3 Å². The molecule has 156 valence electrons. The summed E-state index contributed by atoms with van der Waals surface area (Å²) in [6, 6.07) is 11.7. The summed E-state index contributed by atoms with van der Waals surface area (Å²) in [5.41, 5.74) is 1.89. The molecule has 2 N–H and O–H groups in total. The molecule has 29 heavy (non-hydrogen) atoms. The van der Waals surface area contributed by atoms with Gasteiger partial charge in [0.1, 0.15) is 0 Å². The van der Waals surface area contributed by atoms with E-state index >= 15 is 0 Å². The number of benzene rings is 2. The molecule has 0 fully saturated rings. The van der Waals surface area contributed by atoms with Crippen LogP contribution in [0.3, 0.4) is 0 Å². The van der Waals surface area contributed by atoms with Gasteiger partial charge < -0.3 is 19.7 Å². The molecular weight excluding hydrogens is 459 g/mol. The monoisotopic (exact) mass is 482 g/mol. The molecule has 0 spiro atoms. The molecule has 2 aromatic rings. The van der Waals surface area contributed by atoms with Crippen LogP contribution < -0.4 is 10.6 Å². The first-order chi connectivity index (χ1) is 13.8. The van der Waals surface area contributed by atoms with Crippen molar-refractivity contribution in [2.75, 3.05) is 25.6 Å². The molecule has 9 heteroatoms. The van der Waals surface area contributed by atoms with Gasteiger partial charge >= 0.3 is 7.60 Å². The third-order valence-electron chi connectivity index (χ3n) is 3.95. The zero-order chi connectivity index (χ0) is 21.4. The Balaban J connectivity index is 2.16. The maximum Gasteiger partial charge on any atom is 0.335 e. The first-order valence-corrected chi connectivity index (χ1v) is 11.6. The fraction of sp³-hybridized carbons (Fsp3) is 0.300. The molecule has 0 aliphatic rings. The summed E-state index contributed by atoms with van der Waals surface area (Å²) in [7, 11) is -1.69. The van der Waals surface area contributed by atoms with Gasteiger partial charge in [-0.3, -0.25) is 14.2 Å². The number of halogens is 1. The highest BCUT2D eigenvalue weighted by Gasteiger charge is 2.24. The number of amides is 2. The van der Waals surface area contributed by atoms with E-state index in [4.69, 9.17) is 9.05 Å². The number of hydrogen-bond donors (Lipinski definition) is 2. The maximum absolute atomic E-state index is 12.6. The average Bonchev–Trinajstić information content (AvgIpc) is 2.69. The van der Waals surface area contributed by atoms with Crippen molar-refractivity contribution in [3.05, 3.63) is 63.6 Å². The molecule has 2 aromatic carbocycles. The third-order valence-corrected chi connectivity index (χ3v) is 6.49. The molecule has 0 aliphatic carbocycles. The minimum absolute atomic E-state index is 0.129. The molecule has 0 saturated carbocycles. The van der Waals surface area contributed by atoms with E-state index in [0.29, 0.717) is 30.0 Å². The van der Waals surface area contributed by atoms with Crippen LogP contribution in [0.1, 0.15) is 40.1 Å². The van der Waals surface area contributed by atoms with Crippen LogP contribution in [0.4, 0.5) is 5.69 Å². The molecule has 0 aliphatic heterocycles. The topological polar surface area (TPSA) is 93.7 Å². The quantitative estimate of drug-likeness (QED) is 0.499. The highest BCUT2D eigenvalue weighted by molar-refractivity contribution is 9.10. The summed E-state index contributed by atoms with van der Waals surface area (Å²) in [4.78, 5) is 24.7. The Kier molecular flexibility index (Phi) is 8.59. The van der Waals surface area contributed by atoms with E-state index in [9.17, 15) is 14.2 Å². The van der Waals surface area contributed by atoms with E-state index in [-0.39, 0.29) is 18.0 Å². The Hall–Kier alpha value is -1.99. The van der Waals surface area contributed by atoms with E-state index in [1.807, 2.05) is 0 Å². The minimum atomic E-state index is -3.21. The SMILES string of the molecule is CCOP(=O)(Cc1ccc(C(=O)Nc2ccc(Br)cc2C(=O)NC)cc1)OCC. The lowest BCUT2D eigenvalue weighted by molar-refractivity contribution is 0.0964. The van der Waals surface area contributed by atoms with Gasteiger partial charge in [-0.05, 0) is 49.7 Å². The van der Waals surface area contributed by atoms with E-state index in [0.717, 1.165) is 10.0 Å². The standard InChI is InChI=1S/C20H24BrN2O5P/c1-4-27-29(26,28-5-2)13-14-6-8-15(9-7-14)19(24)23-18-11-10-16(21)12-17(18)20(25)22-3/h6-12H,4-5,13H2,1-3H3,(H,22,25)(H,23,24). The van der Waals surface area contributed by atoms with Crippen molar-refractivity contribution in [2.24, 2.45) is 0 Å². The summed E-state index contributed by atoms with van der Waals surface area (Å²) >= 11 is 3.32. The lowest BCUT2D eigenvalue weighted by Gasteiger charge is -2.17. The fourth-order valence-corrected chi connectivity index (χ4v) is 4.71. The molecule has 0 aromatic heterocycles. The van der Waals surface area contributed by atoms with Crippen molar-refractivity contribution in [1.29, 1.82) is 0 Å². The van der Waals surface area contributed by atoms with Gasteiger partial charge in [0.2, 0.25) is 0 Å². The van der Waals surface area contributed by atoms with Gasteiger partial charge in [0.05, 0.1) is 30.6 Å². The number of carbonyl (C=O) groups excluding carboxylic acids is 2. The molecule has 7 nitrogen and oxygen atoms in total. The fourth-order valence-electron chi connectivity index (χ4n) is 2.65. The van der Waals surface area contributed by atoms with Crippen LogP contribution in [-0.2, 0) is 19.8 Å². The minimum Gasteiger partial charge on any atom is -0.355 e. The summed E-state index contributed by atoms with van der Waals surface area (Å²) in [5, 5.41) is 5.30. The average molecular weight is 483 g/mol. The smallest absolute Gasteiger partial charge is 0.335 e. The molecule has 0 heterocycles. The second-order valence-electron chi connectivity index (χ2n) is 6.02. The Morgan fingerprint density at radius 1 is 1.00 bits per heavy atom. The van der Waals surface area contributed by atoms with Crippen LogP contribution in [0.15, 0.2) is 46.9 Å². The van der Waals surface area contributed by atoms with E-state index in [2.05, 4.69) is 26.6 Å². The predicted octanol–water partition coefficient (Wildman–Crippen LogP) is 4.83. The van der Waals surface area contributed by atoms with Crippen LogP contribution >= 0.6 is 23.5 Å². The molecule has 0 bridgehead atoms. The Labute approximate surface area is 178 Å². The van der Waals surface area contributed by atoms with Gasteiger partial charge in [-0.15, -0.1) is 0 Å². The van der Waals surface area contributed by atoms with E-state index in [1.165, 1.54) is 7.05 Å². The van der Waals surface area contributed by atoms with E-state index < -0.39 is 7.60 Å². The first kappa shape index (κ1) is 23.3. The van der Waals surface area contributed by atoms with Crippen molar-refractivity contribution < 1.29 is 23.2 Å². The number of anilines is 1. The molecule has 0 saturated heterocycles. The van der Waals surface area contributed by atoms with Crippen LogP contribution in [0, 0.1) is 0 Å². The Morgan fingerprint density at radius 2 is 1.62 bits per heavy atom. The number of nitrogens with one attached hydrogen (secondary N) is 2. The second kappa shape index (κ2) is 10.7. The van der Waals surface area contributed by atoms with Crippen molar-refractivity contribution in [3.63, 3.8) is 0 Å². The molecular formula is C20H24BrN2O5P. The zero-order valence-corrected chi connectivity index (χ0v) is 19.0. The van der Waals surface area contributed by atoms with Crippen molar-refractivity contribution >= 4 is 41.0 Å². The summed E-state index contributed by atoms with van der Waals surface area (Å²) < 4.78 is 24.0. The predicted molar refractivity (Wildman–Crippen MR) is 116 cm³/mol. The second-order valence-corrected chi connectivity index (χ2v) is 8.99. The van der Waals surface area contributed by atoms with Gasteiger partial charge in [-0.1, -0.05) is 28.1 Å². The molecule has 0 atom stereocenters. The highest BCUT2D eigenvalue weighted by Crippen LogP contribution is 2.51. The van der Waals surface area contributed by atoms with Gasteiger partial charge in [-0.2, -0.15) is 0 Å². The van der Waals surface area contributed by atoms with Crippen LogP contribution in [0.2, 0.25) is 0 Å². The zero-order valence-electron chi connectivity index (χ0n) is 16.5. The Bertz CT molecular complexity index is 908. The number of hydrogen-bond acceptors (Lipinski definition) is 5. The maximum atomic E-state index is 12.6. The lowest BCUT2D eigenvalue weighted by Crippen LogP contribution is -2.21. The highest BCUT2D eigenvalue weighted by atomic mass is 79.9. The first-order valence-electron chi connectivity index (χ1n) is 9.12. The van der Waals surface area contributed by atoms with Crippen molar-refractivity contribution in [1.82, 2.24) is 5.32 Å². The summed E-state index contributed by atoms with van der Waals surface area (Å²) in [6.45, 7) is 4.10. The van der Waals surface area contributed by atoms with Gasteiger partial charge in [0.15, 0.2) is 0 Å². The van der Waals surface area contributed by atoms with Crippen molar-refractivity contribution in [2.45, 2.75) is 20.0 Å². The molecule has 0 radical (unpaired) electrons. The van der Waals surface area contributed by atoms with Gasteiger partial charge in [0.25, 0.3) is 11.8 Å². The molecule has 2 rings (SSSR count). The lowest BCUT2D eigenvalue weighted by atomic mass is 10.1. The molecule has 0 unspecified atom stereocenters. The largest absolute Gasteiger partial charge is 0.355 e. The van der Waals surface area contributed by atoms with Gasteiger partial charge in [0, 0.05) is 17.1 Å². The summed E-state index contributed by atoms with van der Waals surface area (Å²) in [5.74, 6) is -0.665. The van der Waals surface area contributed by atoms with Crippen LogP contribution in [0.25, 0.3) is 0 Å². The van der Waals surface area contributed by atoms with Crippen LogP contribution in [-0.4, -0.2) is 32.1 Å². The van der Waals surface area contributed by atoms with Crippen LogP contribution in [0.5, 0.6) is 0 Å². The number of rotatable bonds is 9. The Morgan fingerprint density at radius 3 is 2.17 bits per heavy atom. The van der Waals surface area contributed by atoms with Crippen molar-refractivity contribution in [3.8, 4) is 0 Å². The summed E-state index contributed by atoms with van der Waals surface area (Å²) in [6.07, 6.45) is 0.129. The normalized spacial score (nSPS) is 11.2. The third kappa shape index (κ3) is 6.51. The number of carbonyl (C=O) groups is 2. The van der Waals surface area contributed by atoms with Gasteiger partial charge in [-0.25, -0.2) is 0 Å². The molecule has 2 amide bonds.